The van der Waals surface area contributed by atoms with E-state index in [1.165, 1.54) is 7.11 Å². The van der Waals surface area contributed by atoms with E-state index in [1.807, 2.05) is 0 Å². The minimum absolute atomic E-state index is 0.188. The lowest BCUT2D eigenvalue weighted by molar-refractivity contribution is -0.144. The Labute approximate surface area is 129 Å². The van der Waals surface area contributed by atoms with Gasteiger partial charge in [0, 0.05) is 0 Å². The highest BCUT2D eigenvalue weighted by Crippen LogP contribution is 2.47. The summed E-state index contributed by atoms with van der Waals surface area (Å²) in [7, 11) is -2.19. The summed E-state index contributed by atoms with van der Waals surface area (Å²) in [5.41, 5.74) is -0.364. The number of benzene rings is 1. The molecule has 1 unspecified atom stereocenters. The number of carboxylic acids is 1. The largest absolute Gasteiger partial charge is 0.496 e. The molecule has 0 saturated heterocycles. The van der Waals surface area contributed by atoms with Crippen LogP contribution in [0.25, 0.3) is 0 Å². The second kappa shape index (κ2) is 4.70. The van der Waals surface area contributed by atoms with E-state index in [9.17, 15) is 18.3 Å². The molecule has 0 aliphatic heterocycles. The first-order chi connectivity index (χ1) is 10.3. The Balaban J connectivity index is 2.09. The molecule has 0 amide bonds. The van der Waals surface area contributed by atoms with Gasteiger partial charge < -0.3 is 9.84 Å². The number of carboxylic acid groups (broad SMARTS) is 1. The van der Waals surface area contributed by atoms with Crippen LogP contribution in [0, 0.1) is 0 Å². The number of methoxy groups -OCH3 is 1. The van der Waals surface area contributed by atoms with Gasteiger partial charge in [-0.25, -0.2) is 13.2 Å². The van der Waals surface area contributed by atoms with Gasteiger partial charge >= 0.3 is 5.97 Å². The van der Waals surface area contributed by atoms with Gasteiger partial charge in [0.2, 0.25) is 10.0 Å². The van der Waals surface area contributed by atoms with Gasteiger partial charge in [0.1, 0.15) is 5.75 Å². The number of fused-ring (bicyclic) bond motifs is 1. The SMILES string of the molecule is COc1cccc2c1CCC2(NS(=O)(=O)C1(C)CC1)C(=O)O. The quantitative estimate of drug-likeness (QED) is 0.853. The van der Waals surface area contributed by atoms with E-state index in [0.29, 0.717) is 30.6 Å². The van der Waals surface area contributed by atoms with Gasteiger partial charge in [-0.3, -0.25) is 0 Å². The molecule has 2 N–H and O–H groups in total. The Morgan fingerprint density at radius 3 is 2.55 bits per heavy atom. The topological polar surface area (TPSA) is 92.7 Å². The maximum atomic E-state index is 12.5. The van der Waals surface area contributed by atoms with Gasteiger partial charge in [-0.05, 0) is 49.8 Å². The van der Waals surface area contributed by atoms with E-state index in [0.717, 1.165) is 5.56 Å². The lowest BCUT2D eigenvalue weighted by Gasteiger charge is -2.28. The fraction of sp³-hybridized carbons (Fsp3) is 0.533. The molecule has 1 aromatic rings. The van der Waals surface area contributed by atoms with Crippen LogP contribution < -0.4 is 9.46 Å². The molecule has 0 radical (unpaired) electrons. The van der Waals surface area contributed by atoms with Crippen LogP contribution in [0.4, 0.5) is 0 Å². The first-order valence-corrected chi connectivity index (χ1v) is 8.67. The monoisotopic (exact) mass is 325 g/mol. The minimum atomic E-state index is -3.71. The number of ether oxygens (including phenoxy) is 1. The highest BCUT2D eigenvalue weighted by atomic mass is 32.2. The van der Waals surface area contributed by atoms with Crippen LogP contribution in [0.5, 0.6) is 5.75 Å². The molecule has 1 atom stereocenters. The van der Waals surface area contributed by atoms with Crippen molar-refractivity contribution < 1.29 is 23.1 Å². The van der Waals surface area contributed by atoms with Crippen molar-refractivity contribution in [2.75, 3.05) is 7.11 Å². The lowest BCUT2D eigenvalue weighted by Crippen LogP contribution is -2.53. The fourth-order valence-electron chi connectivity index (χ4n) is 3.03. The molecule has 1 saturated carbocycles. The Bertz CT molecular complexity index is 738. The van der Waals surface area contributed by atoms with Crippen molar-refractivity contribution >= 4 is 16.0 Å². The Morgan fingerprint density at radius 1 is 1.32 bits per heavy atom. The van der Waals surface area contributed by atoms with Crippen LogP contribution >= 0.6 is 0 Å². The fourth-order valence-corrected chi connectivity index (χ4v) is 4.67. The summed E-state index contributed by atoms with van der Waals surface area (Å²) in [6.45, 7) is 1.65. The summed E-state index contributed by atoms with van der Waals surface area (Å²) in [6.07, 6.45) is 1.77. The average Bonchev–Trinajstić information content (AvgIpc) is 3.12. The average molecular weight is 325 g/mol. The molecular formula is C15H19NO5S. The number of hydrogen-bond acceptors (Lipinski definition) is 4. The van der Waals surface area contributed by atoms with Crippen LogP contribution in [0.1, 0.15) is 37.3 Å². The first kappa shape index (κ1) is 15.3. The predicted molar refractivity (Wildman–Crippen MR) is 80.3 cm³/mol. The van der Waals surface area contributed by atoms with Crippen molar-refractivity contribution in [1.29, 1.82) is 0 Å². The third kappa shape index (κ3) is 2.03. The number of aliphatic carboxylic acids is 1. The normalized spacial score (nSPS) is 25.5. The molecule has 2 aliphatic rings. The summed E-state index contributed by atoms with van der Waals surface area (Å²) in [4.78, 5) is 11.9. The van der Waals surface area contributed by atoms with Gasteiger partial charge in [-0.2, -0.15) is 4.72 Å². The molecule has 0 aromatic heterocycles. The minimum Gasteiger partial charge on any atom is -0.496 e. The highest BCUT2D eigenvalue weighted by molar-refractivity contribution is 7.91. The van der Waals surface area contributed by atoms with Gasteiger partial charge in [-0.1, -0.05) is 12.1 Å². The van der Waals surface area contributed by atoms with Crippen molar-refractivity contribution in [3.63, 3.8) is 0 Å². The van der Waals surface area contributed by atoms with Crippen molar-refractivity contribution in [2.45, 2.75) is 42.9 Å². The molecule has 2 aliphatic carbocycles. The van der Waals surface area contributed by atoms with Crippen LogP contribution in [0.2, 0.25) is 0 Å². The van der Waals surface area contributed by atoms with Gasteiger partial charge in [0.15, 0.2) is 5.54 Å². The third-order valence-corrected chi connectivity index (χ3v) is 7.16. The van der Waals surface area contributed by atoms with Crippen molar-refractivity contribution in [3.05, 3.63) is 29.3 Å². The van der Waals surface area contributed by atoms with E-state index in [4.69, 9.17) is 4.74 Å². The Kier molecular flexibility index (Phi) is 3.27. The summed E-state index contributed by atoms with van der Waals surface area (Å²) in [5.74, 6) is -0.579. The third-order valence-electron chi connectivity index (χ3n) is 4.84. The van der Waals surface area contributed by atoms with Crippen LogP contribution in [0.15, 0.2) is 18.2 Å². The molecule has 120 valence electrons. The van der Waals surface area contributed by atoms with Crippen molar-refractivity contribution in [3.8, 4) is 5.75 Å². The van der Waals surface area contributed by atoms with Crippen LogP contribution in [0.3, 0.4) is 0 Å². The molecule has 22 heavy (non-hydrogen) atoms. The van der Waals surface area contributed by atoms with Crippen molar-refractivity contribution in [2.24, 2.45) is 0 Å². The second-order valence-electron chi connectivity index (χ2n) is 6.25. The number of carbonyl (C=O) groups is 1. The smallest absolute Gasteiger partial charge is 0.329 e. The highest BCUT2D eigenvalue weighted by Gasteiger charge is 2.56. The summed E-state index contributed by atoms with van der Waals surface area (Å²) in [5, 5.41) is 9.76. The molecule has 0 bridgehead atoms. The molecule has 1 aromatic carbocycles. The zero-order valence-electron chi connectivity index (χ0n) is 12.5. The summed E-state index contributed by atoms with van der Waals surface area (Å²) in [6, 6.07) is 5.11. The van der Waals surface area contributed by atoms with Crippen LogP contribution in [-0.4, -0.2) is 31.4 Å². The summed E-state index contributed by atoms with van der Waals surface area (Å²) >= 11 is 0. The van der Waals surface area contributed by atoms with Gasteiger partial charge in [0.25, 0.3) is 0 Å². The molecule has 0 heterocycles. The Morgan fingerprint density at radius 2 is 2.00 bits per heavy atom. The van der Waals surface area contributed by atoms with Crippen molar-refractivity contribution in [1.82, 2.24) is 4.72 Å². The Hall–Kier alpha value is -1.60. The van der Waals surface area contributed by atoms with E-state index < -0.39 is 26.3 Å². The molecule has 1 fully saturated rings. The summed E-state index contributed by atoms with van der Waals surface area (Å²) < 4.78 is 32.0. The number of nitrogens with one attached hydrogen (secondary N) is 1. The first-order valence-electron chi connectivity index (χ1n) is 7.19. The van der Waals surface area contributed by atoms with E-state index >= 15 is 0 Å². The molecular weight excluding hydrogens is 306 g/mol. The van der Waals surface area contributed by atoms with Crippen LogP contribution in [-0.2, 0) is 26.8 Å². The standard InChI is InChI=1S/C15H19NO5S/c1-14(8-9-14)22(19,20)16-15(13(17)18)7-6-10-11(15)4-3-5-12(10)21-2/h3-5,16H,6-9H2,1-2H3,(H,17,18). The molecule has 6 nitrogen and oxygen atoms in total. The maximum Gasteiger partial charge on any atom is 0.329 e. The van der Waals surface area contributed by atoms with E-state index in [1.54, 1.807) is 25.1 Å². The predicted octanol–water partition coefficient (Wildman–Crippen LogP) is 1.39. The van der Waals surface area contributed by atoms with E-state index in [-0.39, 0.29) is 6.42 Å². The maximum absolute atomic E-state index is 12.5. The molecule has 7 heteroatoms. The zero-order valence-corrected chi connectivity index (χ0v) is 13.4. The lowest BCUT2D eigenvalue weighted by atomic mass is 9.93. The second-order valence-corrected chi connectivity index (χ2v) is 8.45. The van der Waals surface area contributed by atoms with Gasteiger partial charge in [-0.15, -0.1) is 0 Å². The molecule has 0 spiro atoms. The number of hydrogen-bond donors (Lipinski definition) is 2. The zero-order chi connectivity index (χ0) is 16.2. The van der Waals surface area contributed by atoms with E-state index in [2.05, 4.69) is 4.72 Å². The molecule has 3 rings (SSSR count). The number of rotatable bonds is 5. The van der Waals surface area contributed by atoms with Gasteiger partial charge in [0.05, 0.1) is 11.9 Å². The number of sulfonamides is 1.